The lowest BCUT2D eigenvalue weighted by Crippen LogP contribution is -2.57. The number of carbonyl (C=O) groups is 3. The number of fused-ring (bicyclic) bond motifs is 3. The van der Waals surface area contributed by atoms with Crippen molar-refractivity contribution in [2.75, 3.05) is 6.61 Å². The van der Waals surface area contributed by atoms with Gasteiger partial charge in [0.15, 0.2) is 0 Å². The highest BCUT2D eigenvalue weighted by Gasteiger charge is 2.69. The van der Waals surface area contributed by atoms with Gasteiger partial charge in [-0.1, -0.05) is 20.4 Å². The summed E-state index contributed by atoms with van der Waals surface area (Å²) >= 11 is 0. The van der Waals surface area contributed by atoms with Crippen molar-refractivity contribution in [3.63, 3.8) is 0 Å². The van der Waals surface area contributed by atoms with E-state index >= 15 is 0 Å². The molecule has 0 radical (unpaired) electrons. The molecular formula is C20H28O6. The Bertz CT molecular complexity index is 653. The lowest BCUT2D eigenvalue weighted by atomic mass is 9.65. The van der Waals surface area contributed by atoms with E-state index in [2.05, 4.69) is 6.58 Å². The van der Waals surface area contributed by atoms with Crippen molar-refractivity contribution in [2.24, 2.45) is 23.2 Å². The molecule has 1 unspecified atom stereocenters. The van der Waals surface area contributed by atoms with Gasteiger partial charge in [0.2, 0.25) is 0 Å². The number of Topliss-reactive ketones (excluding diaryl/α,β-unsaturated/α-hetero) is 1. The summed E-state index contributed by atoms with van der Waals surface area (Å²) < 4.78 is 10.9. The second-order valence-corrected chi connectivity index (χ2v) is 8.56. The van der Waals surface area contributed by atoms with Crippen LogP contribution < -0.4 is 0 Å². The van der Waals surface area contributed by atoms with Gasteiger partial charge in [0, 0.05) is 30.3 Å². The maximum atomic E-state index is 12.8. The molecule has 0 aromatic heterocycles. The van der Waals surface area contributed by atoms with Crippen LogP contribution in [0.2, 0.25) is 0 Å². The Morgan fingerprint density at radius 3 is 2.73 bits per heavy atom. The van der Waals surface area contributed by atoms with Gasteiger partial charge >= 0.3 is 11.9 Å². The normalized spacial score (nSPS) is 39.4. The van der Waals surface area contributed by atoms with Crippen molar-refractivity contribution in [3.8, 4) is 0 Å². The Morgan fingerprint density at radius 2 is 2.08 bits per heavy atom. The third kappa shape index (κ3) is 2.70. The predicted octanol–water partition coefficient (Wildman–Crippen LogP) is 2.18. The summed E-state index contributed by atoms with van der Waals surface area (Å²) in [7, 11) is 0. The maximum Gasteiger partial charge on any atom is 0.334 e. The van der Waals surface area contributed by atoms with Gasteiger partial charge in [-0.2, -0.15) is 0 Å². The second kappa shape index (κ2) is 6.48. The van der Waals surface area contributed by atoms with Crippen molar-refractivity contribution >= 4 is 17.7 Å². The summed E-state index contributed by atoms with van der Waals surface area (Å²) in [6.45, 7) is 9.48. The largest absolute Gasteiger partial charge is 0.465 e. The number of carbonyl (C=O) groups excluding carboxylic acids is 3. The lowest BCUT2D eigenvalue weighted by molar-refractivity contribution is -0.177. The van der Waals surface area contributed by atoms with Crippen molar-refractivity contribution in [3.05, 3.63) is 12.2 Å². The highest BCUT2D eigenvalue weighted by atomic mass is 16.6. The first-order chi connectivity index (χ1) is 12.1. The quantitative estimate of drug-likeness (QED) is 0.607. The topological polar surface area (TPSA) is 89.9 Å². The molecule has 0 aromatic rings. The van der Waals surface area contributed by atoms with Gasteiger partial charge in [-0.25, -0.2) is 4.79 Å². The number of aliphatic hydroxyl groups is 1. The van der Waals surface area contributed by atoms with Crippen LogP contribution in [0.4, 0.5) is 0 Å². The number of ketones is 1. The minimum Gasteiger partial charge on any atom is -0.465 e. The number of hydrogen-bond acceptors (Lipinski definition) is 6. The summed E-state index contributed by atoms with van der Waals surface area (Å²) in [6, 6.07) is 0. The van der Waals surface area contributed by atoms with E-state index < -0.39 is 23.1 Å². The fraction of sp³-hybridized carbons (Fsp3) is 0.750. The molecule has 3 aliphatic rings. The first kappa shape index (κ1) is 19.1. The molecule has 3 fully saturated rings. The van der Waals surface area contributed by atoms with Gasteiger partial charge in [0.25, 0.3) is 0 Å². The summed E-state index contributed by atoms with van der Waals surface area (Å²) in [6.07, 6.45) is 1.27. The van der Waals surface area contributed by atoms with Crippen LogP contribution in [-0.2, 0) is 23.9 Å². The van der Waals surface area contributed by atoms with Crippen LogP contribution in [0.3, 0.4) is 0 Å². The molecule has 1 heterocycles. The van der Waals surface area contributed by atoms with Crippen LogP contribution >= 0.6 is 0 Å². The predicted molar refractivity (Wildman–Crippen MR) is 92.9 cm³/mol. The number of ether oxygens (including phenoxy) is 2. The molecule has 6 nitrogen and oxygen atoms in total. The van der Waals surface area contributed by atoms with E-state index in [1.165, 1.54) is 0 Å². The van der Waals surface area contributed by atoms with Crippen molar-refractivity contribution in [2.45, 2.75) is 64.6 Å². The van der Waals surface area contributed by atoms with Gasteiger partial charge in [0.05, 0.1) is 17.6 Å². The number of esters is 2. The first-order valence-corrected chi connectivity index (χ1v) is 9.42. The molecule has 144 valence electrons. The van der Waals surface area contributed by atoms with E-state index in [0.717, 1.165) is 0 Å². The molecule has 3 rings (SSSR count). The molecule has 0 aromatic carbocycles. The minimum atomic E-state index is -1.35. The molecule has 2 saturated carbocycles. The highest BCUT2D eigenvalue weighted by molar-refractivity contribution is 5.94. The van der Waals surface area contributed by atoms with Gasteiger partial charge < -0.3 is 14.6 Å². The molecule has 1 aliphatic heterocycles. The average Bonchev–Trinajstić information content (AvgIpc) is 2.94. The van der Waals surface area contributed by atoms with Crippen LogP contribution in [0.15, 0.2) is 12.2 Å². The molecule has 1 N–H and O–H groups in total. The lowest BCUT2D eigenvalue weighted by Gasteiger charge is -2.44. The zero-order valence-corrected chi connectivity index (χ0v) is 15.7. The van der Waals surface area contributed by atoms with Gasteiger partial charge in [-0.05, 0) is 32.1 Å². The van der Waals surface area contributed by atoms with Gasteiger partial charge in [-0.15, -0.1) is 0 Å². The summed E-state index contributed by atoms with van der Waals surface area (Å²) in [5.74, 6) is -1.33. The summed E-state index contributed by atoms with van der Waals surface area (Å²) in [4.78, 5) is 36.8. The molecule has 0 bridgehead atoms. The van der Waals surface area contributed by atoms with Crippen LogP contribution in [0.1, 0.15) is 52.9 Å². The fourth-order valence-corrected chi connectivity index (χ4v) is 4.98. The van der Waals surface area contributed by atoms with E-state index in [0.29, 0.717) is 31.3 Å². The van der Waals surface area contributed by atoms with E-state index in [1.807, 2.05) is 13.8 Å². The van der Waals surface area contributed by atoms with Gasteiger partial charge in [0.1, 0.15) is 11.9 Å². The molecule has 0 amide bonds. The van der Waals surface area contributed by atoms with E-state index in [1.54, 1.807) is 6.92 Å². The third-order valence-corrected chi connectivity index (χ3v) is 6.61. The molecule has 0 spiro atoms. The zero-order chi connectivity index (χ0) is 19.3. The molecule has 6 heteroatoms. The molecule has 2 aliphatic carbocycles. The van der Waals surface area contributed by atoms with Crippen LogP contribution in [0, 0.1) is 23.2 Å². The maximum absolute atomic E-state index is 12.8. The van der Waals surface area contributed by atoms with E-state index in [-0.39, 0.29) is 42.5 Å². The minimum absolute atomic E-state index is 0.0742. The third-order valence-electron chi connectivity index (χ3n) is 6.61. The Balaban J connectivity index is 1.88. The Labute approximate surface area is 153 Å². The van der Waals surface area contributed by atoms with E-state index in [9.17, 15) is 19.5 Å². The Hall–Kier alpha value is -1.69. The SMILES string of the molecule is C=C1C(=O)O[C@@H]2[C@H]1CCC(COC(=O)CC(C)C)[C@]1(O)CCC(=O)[C@@]21C. The first-order valence-electron chi connectivity index (χ1n) is 9.42. The molecule has 26 heavy (non-hydrogen) atoms. The van der Waals surface area contributed by atoms with Crippen molar-refractivity contribution in [1.29, 1.82) is 0 Å². The second-order valence-electron chi connectivity index (χ2n) is 8.56. The monoisotopic (exact) mass is 364 g/mol. The Kier molecular flexibility index (Phi) is 4.76. The van der Waals surface area contributed by atoms with Crippen LogP contribution in [0.25, 0.3) is 0 Å². The molecule has 5 atom stereocenters. The standard InChI is InChI=1S/C20H28O6/c1-11(2)9-16(22)25-10-13-5-6-14-12(3)18(23)26-17(14)19(4)15(21)7-8-20(13,19)24/h11,13-14,17,24H,3,5-10H2,1-2,4H3/t13?,14-,17+,19-,20+/m0/s1. The molecular weight excluding hydrogens is 336 g/mol. The number of hydrogen-bond donors (Lipinski definition) is 1. The van der Waals surface area contributed by atoms with Crippen LogP contribution in [-0.4, -0.2) is 41.1 Å². The fourth-order valence-electron chi connectivity index (χ4n) is 4.98. The van der Waals surface area contributed by atoms with Gasteiger partial charge in [-0.3, -0.25) is 9.59 Å². The van der Waals surface area contributed by atoms with Crippen LogP contribution in [0.5, 0.6) is 0 Å². The number of rotatable bonds is 4. The zero-order valence-electron chi connectivity index (χ0n) is 15.7. The molecule has 1 saturated heterocycles. The summed E-state index contributed by atoms with van der Waals surface area (Å²) in [5.41, 5.74) is -2.18. The summed E-state index contributed by atoms with van der Waals surface area (Å²) in [5, 5.41) is 11.6. The smallest absolute Gasteiger partial charge is 0.334 e. The van der Waals surface area contributed by atoms with Crippen molar-refractivity contribution < 1.29 is 29.0 Å². The highest BCUT2D eigenvalue weighted by Crippen LogP contribution is 2.58. The van der Waals surface area contributed by atoms with Crippen molar-refractivity contribution in [1.82, 2.24) is 0 Å². The Morgan fingerprint density at radius 1 is 1.38 bits per heavy atom. The average molecular weight is 364 g/mol. The van der Waals surface area contributed by atoms with E-state index in [4.69, 9.17) is 9.47 Å².